The van der Waals surface area contributed by atoms with Crippen molar-refractivity contribution in [1.82, 2.24) is 4.90 Å². The highest BCUT2D eigenvalue weighted by Gasteiger charge is 2.34. The number of nitrogens with one attached hydrogen (secondary N) is 1. The van der Waals surface area contributed by atoms with Crippen molar-refractivity contribution >= 4 is 15.5 Å². The zero-order valence-corrected chi connectivity index (χ0v) is 15.9. The maximum atomic E-state index is 13.0. The van der Waals surface area contributed by atoms with Crippen molar-refractivity contribution in [3.8, 4) is 5.75 Å². The van der Waals surface area contributed by atoms with Crippen molar-refractivity contribution in [2.45, 2.75) is 34.6 Å². The van der Waals surface area contributed by atoms with Crippen LogP contribution in [0.2, 0.25) is 0 Å². The maximum Gasteiger partial charge on any atom is 0.206 e. The molecule has 0 aromatic heterocycles. The van der Waals surface area contributed by atoms with Crippen LogP contribution in [0.3, 0.4) is 0 Å². The molecule has 0 amide bonds. The molecule has 2 aliphatic heterocycles. The lowest BCUT2D eigenvalue weighted by Gasteiger charge is -2.16. The van der Waals surface area contributed by atoms with E-state index >= 15 is 0 Å². The molecule has 2 aromatic rings. The van der Waals surface area contributed by atoms with Gasteiger partial charge in [-0.25, -0.2) is 8.42 Å². The molecular weight excluding hydrogens is 348 g/mol. The molecule has 0 radical (unpaired) electrons. The van der Waals surface area contributed by atoms with Crippen molar-refractivity contribution in [3.05, 3.63) is 48.0 Å². The summed E-state index contributed by atoms with van der Waals surface area (Å²) in [6.45, 7) is 2.11. The molecule has 138 valence electrons. The van der Waals surface area contributed by atoms with Gasteiger partial charge in [0.05, 0.1) is 16.9 Å². The van der Waals surface area contributed by atoms with Crippen molar-refractivity contribution in [2.24, 2.45) is 0 Å². The van der Waals surface area contributed by atoms with Crippen LogP contribution in [0.15, 0.2) is 52.3 Å². The van der Waals surface area contributed by atoms with Gasteiger partial charge in [-0.2, -0.15) is 0 Å². The van der Waals surface area contributed by atoms with Gasteiger partial charge in [0.1, 0.15) is 5.75 Å². The van der Waals surface area contributed by atoms with Crippen molar-refractivity contribution in [2.75, 3.05) is 32.6 Å². The Balaban J connectivity index is 1.69. The lowest BCUT2D eigenvalue weighted by atomic mass is 9.91. The van der Waals surface area contributed by atoms with Gasteiger partial charge in [0, 0.05) is 17.6 Å². The topological polar surface area (TPSA) is 58.6 Å². The van der Waals surface area contributed by atoms with Gasteiger partial charge in [-0.1, -0.05) is 0 Å². The molecule has 1 fully saturated rings. The zero-order chi connectivity index (χ0) is 18.3. The van der Waals surface area contributed by atoms with Crippen molar-refractivity contribution in [1.29, 1.82) is 0 Å². The second-order valence-electron chi connectivity index (χ2n) is 7.17. The molecule has 0 spiro atoms. The first kappa shape index (κ1) is 17.4. The van der Waals surface area contributed by atoms with E-state index in [4.69, 9.17) is 4.74 Å². The average Bonchev–Trinajstić information content (AvgIpc) is 2.90. The van der Waals surface area contributed by atoms with Crippen LogP contribution in [0, 0.1) is 0 Å². The molecule has 2 aliphatic rings. The monoisotopic (exact) mass is 372 g/mol. The van der Waals surface area contributed by atoms with Crippen LogP contribution in [-0.2, 0) is 9.84 Å². The Bertz CT molecular complexity index is 909. The Morgan fingerprint density at radius 3 is 2.46 bits per heavy atom. The third-order valence-corrected chi connectivity index (χ3v) is 7.34. The number of methoxy groups -OCH3 is 1. The predicted molar refractivity (Wildman–Crippen MR) is 102 cm³/mol. The molecule has 0 aliphatic carbocycles. The number of fused-ring (bicyclic) bond motifs is 3. The first-order valence-electron chi connectivity index (χ1n) is 8.97. The fraction of sp³-hybridized carbons (Fsp3) is 0.400. The summed E-state index contributed by atoms with van der Waals surface area (Å²) >= 11 is 0. The van der Waals surface area contributed by atoms with Gasteiger partial charge < -0.3 is 15.0 Å². The summed E-state index contributed by atoms with van der Waals surface area (Å²) < 4.78 is 31.2. The predicted octanol–water partition coefficient (Wildman–Crippen LogP) is 3.13. The van der Waals surface area contributed by atoms with E-state index in [2.05, 4.69) is 17.3 Å². The van der Waals surface area contributed by atoms with Crippen LogP contribution < -0.4 is 10.1 Å². The molecule has 26 heavy (non-hydrogen) atoms. The average molecular weight is 372 g/mol. The number of hydrogen-bond acceptors (Lipinski definition) is 5. The highest BCUT2D eigenvalue weighted by molar-refractivity contribution is 7.91. The minimum atomic E-state index is -3.54. The van der Waals surface area contributed by atoms with Crippen molar-refractivity contribution < 1.29 is 13.2 Å². The summed E-state index contributed by atoms with van der Waals surface area (Å²) in [4.78, 5) is 3.00. The number of rotatable bonds is 3. The molecule has 0 unspecified atom stereocenters. The summed E-state index contributed by atoms with van der Waals surface area (Å²) in [5.41, 5.74) is 2.22. The van der Waals surface area contributed by atoms with E-state index in [1.54, 1.807) is 37.4 Å². The molecule has 0 bridgehead atoms. The number of hydrogen-bond donors (Lipinski definition) is 1. The van der Waals surface area contributed by atoms with Crippen LogP contribution in [0.1, 0.15) is 24.3 Å². The van der Waals surface area contributed by atoms with Gasteiger partial charge in [0.25, 0.3) is 0 Å². The number of sulfone groups is 1. The summed E-state index contributed by atoms with van der Waals surface area (Å²) in [5, 5.41) is 3.59. The Kier molecular flexibility index (Phi) is 4.40. The second kappa shape index (κ2) is 6.59. The standard InChI is InChI=1S/C20H24N2O3S/c1-22-11-9-17-18-13-16(7-8-19(18)21-20(17)10-12-22)26(23,24)15-5-3-14(25-2)4-6-15/h3-8,13,17,20-21H,9-12H2,1-2H3/t17-,20-/m1/s1. The number of benzene rings is 2. The highest BCUT2D eigenvalue weighted by Crippen LogP contribution is 2.42. The summed E-state index contributed by atoms with van der Waals surface area (Å²) in [6, 6.07) is 12.5. The van der Waals surface area contributed by atoms with E-state index in [1.807, 2.05) is 12.1 Å². The molecule has 4 rings (SSSR count). The van der Waals surface area contributed by atoms with Gasteiger partial charge in [0.2, 0.25) is 9.84 Å². The van der Waals surface area contributed by atoms with E-state index in [0.29, 0.717) is 27.5 Å². The smallest absolute Gasteiger partial charge is 0.206 e. The van der Waals surface area contributed by atoms with E-state index in [0.717, 1.165) is 37.2 Å². The Hall–Kier alpha value is -2.05. The van der Waals surface area contributed by atoms with Gasteiger partial charge in [-0.05, 0) is 81.0 Å². The Labute approximate surface area is 154 Å². The summed E-state index contributed by atoms with van der Waals surface area (Å²) in [6.07, 6.45) is 2.13. The van der Waals surface area contributed by atoms with Crippen LogP contribution in [0.4, 0.5) is 5.69 Å². The Morgan fingerprint density at radius 1 is 1.04 bits per heavy atom. The van der Waals surface area contributed by atoms with Gasteiger partial charge in [0.15, 0.2) is 0 Å². The van der Waals surface area contributed by atoms with E-state index in [9.17, 15) is 8.42 Å². The summed E-state index contributed by atoms with van der Waals surface area (Å²) in [5.74, 6) is 1.02. The minimum Gasteiger partial charge on any atom is -0.497 e. The van der Waals surface area contributed by atoms with E-state index in [1.165, 1.54) is 0 Å². The normalized spacial score (nSPS) is 22.8. The highest BCUT2D eigenvalue weighted by atomic mass is 32.2. The fourth-order valence-electron chi connectivity index (χ4n) is 4.02. The lowest BCUT2D eigenvalue weighted by molar-refractivity contribution is 0.346. The number of ether oxygens (including phenoxy) is 1. The third kappa shape index (κ3) is 2.97. The largest absolute Gasteiger partial charge is 0.497 e. The van der Waals surface area contributed by atoms with Gasteiger partial charge >= 0.3 is 0 Å². The van der Waals surface area contributed by atoms with Gasteiger partial charge in [-0.15, -0.1) is 0 Å². The molecule has 2 heterocycles. The van der Waals surface area contributed by atoms with Crippen molar-refractivity contribution in [3.63, 3.8) is 0 Å². The van der Waals surface area contributed by atoms with E-state index < -0.39 is 9.84 Å². The molecule has 5 nitrogen and oxygen atoms in total. The quantitative estimate of drug-likeness (QED) is 0.897. The summed E-state index contributed by atoms with van der Waals surface area (Å²) in [7, 11) is 0.175. The van der Waals surface area contributed by atoms with Gasteiger partial charge in [-0.3, -0.25) is 0 Å². The van der Waals surface area contributed by atoms with E-state index in [-0.39, 0.29) is 0 Å². The van der Waals surface area contributed by atoms with Crippen LogP contribution >= 0.6 is 0 Å². The molecule has 1 saturated heterocycles. The molecule has 2 atom stereocenters. The Morgan fingerprint density at radius 2 is 1.73 bits per heavy atom. The molecule has 6 heteroatoms. The molecule has 0 saturated carbocycles. The molecular formula is C20H24N2O3S. The molecule has 2 aromatic carbocycles. The first-order chi connectivity index (χ1) is 12.5. The maximum absolute atomic E-state index is 13.0. The number of anilines is 1. The number of nitrogens with zero attached hydrogens (tertiary/aromatic N) is 1. The number of likely N-dealkylation sites (tertiary alicyclic amines) is 1. The third-order valence-electron chi connectivity index (χ3n) is 5.57. The van der Waals surface area contributed by atoms with Crippen LogP contribution in [-0.4, -0.2) is 46.6 Å². The SMILES string of the molecule is COc1ccc(S(=O)(=O)c2ccc3c(c2)[C@H]2CCN(C)CC[C@H]2N3)cc1. The van der Waals surface area contributed by atoms with Crippen LogP contribution in [0.25, 0.3) is 0 Å². The molecule has 1 N–H and O–H groups in total. The second-order valence-corrected chi connectivity index (χ2v) is 9.12. The fourth-order valence-corrected chi connectivity index (χ4v) is 5.31. The zero-order valence-electron chi connectivity index (χ0n) is 15.1. The van der Waals surface area contributed by atoms with Crippen LogP contribution in [0.5, 0.6) is 5.75 Å². The first-order valence-corrected chi connectivity index (χ1v) is 10.5. The minimum absolute atomic E-state index is 0.293. The lowest BCUT2D eigenvalue weighted by Crippen LogP contribution is -2.22.